The zero-order valence-corrected chi connectivity index (χ0v) is 18.8. The molecule has 0 aliphatic carbocycles. The van der Waals surface area contributed by atoms with Gasteiger partial charge >= 0.3 is 10.1 Å². The third kappa shape index (κ3) is 3.76. The van der Waals surface area contributed by atoms with Crippen LogP contribution in [-0.4, -0.2) is 52.0 Å². The quantitative estimate of drug-likeness (QED) is 0.415. The van der Waals surface area contributed by atoms with Gasteiger partial charge in [0.25, 0.3) is 0 Å². The van der Waals surface area contributed by atoms with Crippen molar-refractivity contribution in [3.63, 3.8) is 0 Å². The molecule has 1 aliphatic heterocycles. The van der Waals surface area contributed by atoms with Crippen LogP contribution in [0.15, 0.2) is 60.2 Å². The molecule has 0 aromatic heterocycles. The summed E-state index contributed by atoms with van der Waals surface area (Å²) in [5.74, 6) is -0.839. The summed E-state index contributed by atoms with van der Waals surface area (Å²) in [6, 6.07) is 13.3. The van der Waals surface area contributed by atoms with Gasteiger partial charge in [-0.15, -0.1) is 0 Å². The number of Topliss-reactive ketones (excluding diaryl/α,β-unsaturated/α-hetero) is 1. The molecule has 1 atom stereocenters. The van der Waals surface area contributed by atoms with E-state index < -0.39 is 37.6 Å². The molecule has 3 rings (SSSR count). The maximum atomic E-state index is 13.2. The molecule has 2 N–H and O–H groups in total. The van der Waals surface area contributed by atoms with Gasteiger partial charge < -0.3 is 24.1 Å². The molecule has 0 spiro atoms. The second-order valence-electron chi connectivity index (χ2n) is 7.64. The summed E-state index contributed by atoms with van der Waals surface area (Å²) in [4.78, 5) is 13.2. The van der Waals surface area contributed by atoms with Crippen molar-refractivity contribution in [3.8, 4) is 11.5 Å². The van der Waals surface area contributed by atoms with Crippen molar-refractivity contribution in [1.29, 1.82) is 0 Å². The van der Waals surface area contributed by atoms with Gasteiger partial charge in [0.2, 0.25) is 17.4 Å². The van der Waals surface area contributed by atoms with E-state index in [-0.39, 0.29) is 0 Å². The molecular weight excluding hydrogens is 419 g/mol. The molecular formula is C19H22B3NO7S. The van der Waals surface area contributed by atoms with Crippen LogP contribution in [0.2, 0.25) is 0 Å². The van der Waals surface area contributed by atoms with Crippen LogP contribution in [0.25, 0.3) is 0 Å². The van der Waals surface area contributed by atoms with Crippen LogP contribution in [0.4, 0.5) is 0 Å². The number of nitrogens with two attached hydrogens (primary N) is 1. The van der Waals surface area contributed by atoms with E-state index >= 15 is 0 Å². The highest BCUT2D eigenvalue weighted by Gasteiger charge is 2.51. The summed E-state index contributed by atoms with van der Waals surface area (Å²) < 4.78 is 46.1. The summed E-state index contributed by atoms with van der Waals surface area (Å²) in [7, 11) is 3.10. The second kappa shape index (κ2) is 7.92. The lowest BCUT2D eigenvalue weighted by Gasteiger charge is -2.26. The van der Waals surface area contributed by atoms with Gasteiger partial charge in [-0.3, -0.25) is 4.79 Å². The lowest BCUT2D eigenvalue weighted by molar-refractivity contribution is -0.126. The van der Waals surface area contributed by atoms with Crippen LogP contribution < -0.4 is 15.2 Å². The Morgan fingerprint density at radius 2 is 1.65 bits per heavy atom. The van der Waals surface area contributed by atoms with Crippen molar-refractivity contribution in [2.24, 2.45) is 5.73 Å². The van der Waals surface area contributed by atoms with E-state index in [0.29, 0.717) is 22.6 Å². The minimum absolute atomic E-state index is 0.378. The Hall–Kier alpha value is -3.01. The molecule has 1 heterocycles. The molecule has 2 aromatic carbocycles. The predicted octanol–water partition coefficient (Wildman–Crippen LogP) is -1.36. The number of rotatable bonds is 7. The van der Waals surface area contributed by atoms with Gasteiger partial charge in [-0.1, -0.05) is 36.4 Å². The maximum Gasteiger partial charge on any atom is 0.304 e. The van der Waals surface area contributed by atoms with Crippen LogP contribution in [-0.2, 0) is 33.9 Å². The third-order valence-electron chi connectivity index (χ3n) is 5.40. The number of carbonyl (C=O) groups is 1. The number of hydrogen-bond donors (Lipinski definition) is 1. The van der Waals surface area contributed by atoms with E-state index in [1.54, 1.807) is 48.5 Å². The van der Waals surface area contributed by atoms with Crippen molar-refractivity contribution in [2.75, 3.05) is 14.2 Å². The van der Waals surface area contributed by atoms with Gasteiger partial charge in [0, 0.05) is 0 Å². The lowest BCUT2D eigenvalue weighted by Crippen LogP contribution is -2.40. The van der Waals surface area contributed by atoms with Crippen molar-refractivity contribution in [1.82, 2.24) is 0 Å². The number of carbonyl (C=O) groups excluding carboxylic acids is 1. The molecule has 0 fully saturated rings. The molecule has 8 nitrogen and oxygen atoms in total. The van der Waals surface area contributed by atoms with Crippen LogP contribution in [0.5, 0.6) is 11.5 Å². The summed E-state index contributed by atoms with van der Waals surface area (Å²) in [6.45, 7) is 0. The Labute approximate surface area is 184 Å². The monoisotopic (exact) mass is 441 g/mol. The average Bonchev–Trinajstić information content (AvgIpc) is 2.97. The van der Waals surface area contributed by atoms with E-state index in [0.717, 1.165) is 0 Å². The zero-order valence-electron chi connectivity index (χ0n) is 18.0. The predicted molar refractivity (Wildman–Crippen MR) is 122 cm³/mol. The van der Waals surface area contributed by atoms with Gasteiger partial charge in [-0.05, 0) is 23.3 Å². The second-order valence-corrected chi connectivity index (χ2v) is 9.74. The smallest absolute Gasteiger partial charge is 0.304 e. The molecule has 2 aromatic rings. The Morgan fingerprint density at radius 3 is 2.23 bits per heavy atom. The van der Waals surface area contributed by atoms with E-state index in [4.69, 9.17) is 24.1 Å². The van der Waals surface area contributed by atoms with Crippen LogP contribution in [0.3, 0.4) is 0 Å². The molecule has 1 aliphatic rings. The van der Waals surface area contributed by atoms with Gasteiger partial charge in [-0.25, -0.2) is 0 Å². The maximum absolute atomic E-state index is 13.2. The fraction of sp³-hybridized carbons (Fsp3) is 0.211. The summed E-state index contributed by atoms with van der Waals surface area (Å²) in [6.07, 6.45) is 0. The molecule has 31 heavy (non-hydrogen) atoms. The molecule has 0 saturated carbocycles. The third-order valence-corrected chi connectivity index (χ3v) is 7.27. The highest BCUT2D eigenvalue weighted by atomic mass is 32.2. The van der Waals surface area contributed by atoms with Crippen molar-refractivity contribution in [2.45, 2.75) is 10.0 Å². The van der Waals surface area contributed by atoms with E-state index in [1.165, 1.54) is 37.8 Å². The normalized spacial score (nSPS) is 19.1. The van der Waals surface area contributed by atoms with Crippen molar-refractivity contribution in [3.05, 3.63) is 71.3 Å². The van der Waals surface area contributed by atoms with E-state index in [1.807, 2.05) is 0 Å². The standard InChI is InChI=1S/C19H22B3NO7S/c1-27-13-9-8-12(10-14(13)28-2)18(20)16(24)15(17(23)29-18)30-31(25,26)19(21,22)11-6-4-3-5-7-11/h3-10H,20-23H2,1-2H3/t18-/m1/s1. The minimum atomic E-state index is -4.30. The summed E-state index contributed by atoms with van der Waals surface area (Å²) >= 11 is 0. The number of benzene rings is 2. The highest BCUT2D eigenvalue weighted by molar-refractivity contribution is 7.90. The first kappa shape index (κ1) is 22.7. The van der Waals surface area contributed by atoms with Gasteiger partial charge in [0.1, 0.15) is 15.7 Å². The van der Waals surface area contributed by atoms with Crippen molar-refractivity contribution >= 4 is 39.4 Å². The number of ether oxygens (including phenoxy) is 3. The van der Waals surface area contributed by atoms with Gasteiger partial charge in [0.05, 0.1) is 18.8 Å². The Balaban J connectivity index is 1.94. The first-order valence-corrected chi connectivity index (χ1v) is 10.8. The summed E-state index contributed by atoms with van der Waals surface area (Å²) in [5.41, 5.74) is 5.20. The minimum Gasteiger partial charge on any atom is -0.493 e. The number of hydrogen-bond acceptors (Lipinski definition) is 8. The fourth-order valence-electron chi connectivity index (χ4n) is 3.24. The first-order valence-electron chi connectivity index (χ1n) is 9.43. The van der Waals surface area contributed by atoms with Crippen LogP contribution >= 0.6 is 0 Å². The fourth-order valence-corrected chi connectivity index (χ4v) is 4.25. The Kier molecular flexibility index (Phi) is 5.79. The molecule has 160 valence electrons. The van der Waals surface area contributed by atoms with E-state index in [9.17, 15) is 13.2 Å². The Morgan fingerprint density at radius 1 is 1.03 bits per heavy atom. The molecule has 0 bridgehead atoms. The highest BCUT2D eigenvalue weighted by Crippen LogP contribution is 2.40. The molecule has 12 heteroatoms. The lowest BCUT2D eigenvalue weighted by atomic mass is 9.65. The number of methoxy groups -OCH3 is 2. The Bertz CT molecular complexity index is 1150. The largest absolute Gasteiger partial charge is 0.493 e. The van der Waals surface area contributed by atoms with Gasteiger partial charge in [0.15, 0.2) is 24.8 Å². The zero-order chi connectivity index (χ0) is 23.0. The van der Waals surface area contributed by atoms with E-state index in [2.05, 4.69) is 0 Å². The molecule has 0 saturated heterocycles. The molecule has 0 unspecified atom stereocenters. The summed E-state index contributed by atoms with van der Waals surface area (Å²) in [5, 5.41) is 0. The van der Waals surface area contributed by atoms with Crippen molar-refractivity contribution < 1.29 is 31.6 Å². The van der Waals surface area contributed by atoms with Gasteiger partial charge in [-0.2, -0.15) is 8.42 Å². The SMILES string of the molecule is BC(B)(c1ccccc1)S(=O)(=O)OC1=C(N)O[C@](B)(c2ccc(OC)c(OC)c2)C1=O. The first-order chi connectivity index (χ1) is 14.5. The topological polar surface area (TPSA) is 114 Å². The number of ketones is 1. The van der Waals surface area contributed by atoms with Crippen LogP contribution in [0.1, 0.15) is 11.1 Å². The molecule has 0 amide bonds. The van der Waals surface area contributed by atoms with Crippen LogP contribution in [0, 0.1) is 0 Å². The molecule has 0 radical (unpaired) electrons. The average molecular weight is 441 g/mol.